The van der Waals surface area contributed by atoms with Crippen LogP contribution >= 0.6 is 0 Å². The van der Waals surface area contributed by atoms with Crippen LogP contribution in [0.3, 0.4) is 0 Å². The Kier molecular flexibility index (Phi) is 3.49. The molecule has 0 fully saturated rings. The van der Waals surface area contributed by atoms with E-state index >= 15 is 0 Å². The van der Waals surface area contributed by atoms with Crippen LogP contribution in [0.25, 0.3) is 0 Å². The summed E-state index contributed by atoms with van der Waals surface area (Å²) >= 11 is 0. The van der Waals surface area contributed by atoms with Gasteiger partial charge in [-0.05, 0) is 61.9 Å². The summed E-state index contributed by atoms with van der Waals surface area (Å²) in [6.45, 7) is 2.17. The van der Waals surface area contributed by atoms with Crippen molar-refractivity contribution in [1.29, 1.82) is 0 Å². The molecule has 0 radical (unpaired) electrons. The molecule has 1 aliphatic carbocycles. The second-order valence-corrected chi connectivity index (χ2v) is 5.27. The minimum absolute atomic E-state index is 0.245. The molecule has 1 heterocycles. The molecule has 19 heavy (non-hydrogen) atoms. The largest absolute Gasteiger partial charge is 0.377 e. The molecule has 2 nitrogen and oxygen atoms in total. The highest BCUT2D eigenvalue weighted by molar-refractivity contribution is 5.56. The minimum atomic E-state index is 0.245. The number of benzene rings is 1. The molecule has 98 valence electrons. The van der Waals surface area contributed by atoms with Crippen LogP contribution in [0.5, 0.6) is 0 Å². The first-order valence-corrected chi connectivity index (χ1v) is 7.13. The van der Waals surface area contributed by atoms with Crippen molar-refractivity contribution in [3.05, 3.63) is 59.4 Å². The monoisotopic (exact) mass is 252 g/mol. The second-order valence-electron chi connectivity index (χ2n) is 5.27. The average molecular weight is 252 g/mol. The van der Waals surface area contributed by atoms with Crippen LogP contribution in [0.1, 0.15) is 42.6 Å². The van der Waals surface area contributed by atoms with Gasteiger partial charge in [-0.25, -0.2) is 0 Å². The van der Waals surface area contributed by atoms with Gasteiger partial charge in [-0.3, -0.25) is 4.98 Å². The van der Waals surface area contributed by atoms with Crippen LogP contribution in [0.4, 0.5) is 5.69 Å². The second kappa shape index (κ2) is 5.43. The summed E-state index contributed by atoms with van der Waals surface area (Å²) in [7, 11) is 0. The molecule has 1 N–H and O–H groups in total. The molecule has 2 heteroatoms. The number of aryl methyl sites for hydroxylation is 1. The van der Waals surface area contributed by atoms with E-state index in [2.05, 4.69) is 41.5 Å². The van der Waals surface area contributed by atoms with Gasteiger partial charge in [0.1, 0.15) is 0 Å². The van der Waals surface area contributed by atoms with E-state index in [1.54, 1.807) is 0 Å². The molecule has 0 saturated carbocycles. The lowest BCUT2D eigenvalue weighted by molar-refractivity contribution is 0.684. The molecular weight excluding hydrogens is 232 g/mol. The van der Waals surface area contributed by atoms with Crippen LogP contribution in [0.15, 0.2) is 42.6 Å². The molecule has 1 aromatic carbocycles. The highest BCUT2D eigenvalue weighted by atomic mass is 14.9. The van der Waals surface area contributed by atoms with Crippen LogP contribution in [-0.2, 0) is 12.8 Å². The lowest BCUT2D eigenvalue weighted by Gasteiger charge is -2.22. The van der Waals surface area contributed by atoms with Gasteiger partial charge in [0.2, 0.25) is 0 Å². The number of pyridine rings is 1. The molecule has 0 amide bonds. The number of fused-ring (bicyclic) bond motifs is 1. The van der Waals surface area contributed by atoms with E-state index < -0.39 is 0 Å². The fourth-order valence-corrected chi connectivity index (χ4v) is 2.86. The number of hydrogen-bond acceptors (Lipinski definition) is 2. The number of anilines is 1. The zero-order valence-corrected chi connectivity index (χ0v) is 11.4. The van der Waals surface area contributed by atoms with Gasteiger partial charge >= 0.3 is 0 Å². The van der Waals surface area contributed by atoms with Gasteiger partial charge in [-0.1, -0.05) is 18.2 Å². The Morgan fingerprint density at radius 3 is 2.79 bits per heavy atom. The molecule has 1 unspecified atom stereocenters. The van der Waals surface area contributed by atoms with Crippen molar-refractivity contribution in [2.75, 3.05) is 5.32 Å². The standard InChI is InChI=1S/C17H20N2/c1-13(16-10-4-5-12-18-16)19-17-11-6-8-14-7-2-3-9-15(14)17/h4-6,8,10-13,19H,2-3,7,9H2,1H3. The van der Waals surface area contributed by atoms with E-state index in [0.29, 0.717) is 0 Å². The first kappa shape index (κ1) is 12.2. The van der Waals surface area contributed by atoms with E-state index in [-0.39, 0.29) is 6.04 Å². The van der Waals surface area contributed by atoms with Crippen molar-refractivity contribution in [2.24, 2.45) is 0 Å². The quantitative estimate of drug-likeness (QED) is 0.888. The maximum Gasteiger partial charge on any atom is 0.0657 e. The Morgan fingerprint density at radius 2 is 1.95 bits per heavy atom. The van der Waals surface area contributed by atoms with Crippen LogP contribution in [-0.4, -0.2) is 4.98 Å². The first-order valence-electron chi connectivity index (χ1n) is 7.13. The molecule has 1 aliphatic rings. The molecule has 1 atom stereocenters. The summed E-state index contributed by atoms with van der Waals surface area (Å²) in [4.78, 5) is 4.42. The molecule has 3 rings (SSSR count). The van der Waals surface area contributed by atoms with E-state index in [4.69, 9.17) is 0 Å². The third kappa shape index (κ3) is 2.62. The van der Waals surface area contributed by atoms with Crippen LogP contribution in [0, 0.1) is 0 Å². The zero-order chi connectivity index (χ0) is 13.1. The van der Waals surface area contributed by atoms with E-state index in [9.17, 15) is 0 Å². The molecule has 2 aromatic rings. The van der Waals surface area contributed by atoms with Crippen molar-refractivity contribution in [2.45, 2.75) is 38.6 Å². The van der Waals surface area contributed by atoms with Gasteiger partial charge in [0, 0.05) is 11.9 Å². The maximum atomic E-state index is 4.42. The Bertz CT molecular complexity index is 548. The number of nitrogens with zero attached hydrogens (tertiary/aromatic N) is 1. The fraction of sp³-hybridized carbons (Fsp3) is 0.353. The normalized spacial score (nSPS) is 15.6. The minimum Gasteiger partial charge on any atom is -0.377 e. The van der Waals surface area contributed by atoms with Gasteiger partial charge < -0.3 is 5.32 Å². The lowest BCUT2D eigenvalue weighted by atomic mass is 9.90. The molecule has 0 bridgehead atoms. The summed E-state index contributed by atoms with van der Waals surface area (Å²) in [5.74, 6) is 0. The maximum absolute atomic E-state index is 4.42. The highest BCUT2D eigenvalue weighted by Crippen LogP contribution is 2.29. The van der Waals surface area contributed by atoms with Crippen LogP contribution < -0.4 is 5.32 Å². The van der Waals surface area contributed by atoms with Gasteiger partial charge in [0.05, 0.1) is 11.7 Å². The van der Waals surface area contributed by atoms with Gasteiger partial charge in [-0.2, -0.15) is 0 Å². The summed E-state index contributed by atoms with van der Waals surface area (Å²) < 4.78 is 0. The number of hydrogen-bond donors (Lipinski definition) is 1. The summed E-state index contributed by atoms with van der Waals surface area (Å²) in [6.07, 6.45) is 6.92. The topological polar surface area (TPSA) is 24.9 Å². The first-order chi connectivity index (χ1) is 9.34. The van der Waals surface area contributed by atoms with E-state index in [1.807, 2.05) is 18.3 Å². The van der Waals surface area contributed by atoms with Crippen molar-refractivity contribution in [3.8, 4) is 0 Å². The Balaban J connectivity index is 1.84. The summed E-state index contributed by atoms with van der Waals surface area (Å²) in [5.41, 5.74) is 5.41. The molecule has 0 spiro atoms. The number of rotatable bonds is 3. The van der Waals surface area contributed by atoms with Gasteiger partial charge in [-0.15, -0.1) is 0 Å². The number of nitrogens with one attached hydrogen (secondary N) is 1. The third-order valence-corrected chi connectivity index (χ3v) is 3.90. The Morgan fingerprint density at radius 1 is 1.05 bits per heavy atom. The zero-order valence-electron chi connectivity index (χ0n) is 11.4. The van der Waals surface area contributed by atoms with Crippen molar-refractivity contribution in [1.82, 2.24) is 4.98 Å². The SMILES string of the molecule is CC(Nc1cccc2c1CCCC2)c1ccccn1. The van der Waals surface area contributed by atoms with Crippen molar-refractivity contribution < 1.29 is 0 Å². The third-order valence-electron chi connectivity index (χ3n) is 3.90. The highest BCUT2D eigenvalue weighted by Gasteiger charge is 2.14. The lowest BCUT2D eigenvalue weighted by Crippen LogP contribution is -2.12. The summed E-state index contributed by atoms with van der Waals surface area (Å²) in [6, 6.07) is 13.0. The predicted octanol–water partition coefficient (Wildman–Crippen LogP) is 4.13. The fourth-order valence-electron chi connectivity index (χ4n) is 2.86. The summed E-state index contributed by atoms with van der Waals surface area (Å²) in [5, 5.41) is 3.62. The Hall–Kier alpha value is -1.83. The smallest absolute Gasteiger partial charge is 0.0657 e. The average Bonchev–Trinajstić information content (AvgIpc) is 2.48. The molecule has 0 aliphatic heterocycles. The molecular formula is C17H20N2. The molecule has 1 aromatic heterocycles. The molecule has 0 saturated heterocycles. The van der Waals surface area contributed by atoms with Gasteiger partial charge in [0.25, 0.3) is 0 Å². The van der Waals surface area contributed by atoms with E-state index in [1.165, 1.54) is 42.5 Å². The number of aromatic nitrogens is 1. The van der Waals surface area contributed by atoms with Crippen molar-refractivity contribution in [3.63, 3.8) is 0 Å². The van der Waals surface area contributed by atoms with E-state index in [0.717, 1.165) is 5.69 Å². The van der Waals surface area contributed by atoms with Crippen molar-refractivity contribution >= 4 is 5.69 Å². The predicted molar refractivity (Wildman–Crippen MR) is 79.4 cm³/mol. The van der Waals surface area contributed by atoms with Gasteiger partial charge in [0.15, 0.2) is 0 Å². The van der Waals surface area contributed by atoms with Crippen LogP contribution in [0.2, 0.25) is 0 Å². The Labute approximate surface area is 114 Å².